The number of rotatable bonds is 1. The van der Waals surface area contributed by atoms with Gasteiger partial charge in [0.1, 0.15) is 6.23 Å². The van der Waals surface area contributed by atoms with Gasteiger partial charge in [-0.3, -0.25) is 4.90 Å². The average molecular weight is 158 g/mol. The zero-order valence-electron chi connectivity index (χ0n) is 7.45. The van der Waals surface area contributed by atoms with Crippen LogP contribution in [0.5, 0.6) is 0 Å². The average Bonchev–Trinajstić information content (AvgIpc) is 2.13. The van der Waals surface area contributed by atoms with Gasteiger partial charge in [0.05, 0.1) is 0 Å². The molecule has 0 aromatic rings. The normalized spacial score (nSPS) is 26.5. The SMILES string of the molecule is CC(O)N1CCCN(C)CC1. The zero-order chi connectivity index (χ0) is 8.27. The lowest BCUT2D eigenvalue weighted by atomic mass is 10.4. The largest absolute Gasteiger partial charge is 0.379 e. The minimum atomic E-state index is -0.276. The smallest absolute Gasteiger partial charge is 0.104 e. The Balaban J connectivity index is 2.34. The van der Waals surface area contributed by atoms with Crippen molar-refractivity contribution in [1.82, 2.24) is 9.80 Å². The Kier molecular flexibility index (Phi) is 3.30. The summed E-state index contributed by atoms with van der Waals surface area (Å²) in [7, 11) is 2.13. The summed E-state index contributed by atoms with van der Waals surface area (Å²) >= 11 is 0. The van der Waals surface area contributed by atoms with Crippen molar-refractivity contribution in [3.05, 3.63) is 0 Å². The molecule has 66 valence electrons. The van der Waals surface area contributed by atoms with Gasteiger partial charge in [0.2, 0.25) is 0 Å². The van der Waals surface area contributed by atoms with Crippen molar-refractivity contribution in [3.8, 4) is 0 Å². The Labute approximate surface area is 68.6 Å². The molecule has 0 aromatic carbocycles. The Bertz CT molecular complexity index is 117. The van der Waals surface area contributed by atoms with Gasteiger partial charge < -0.3 is 10.0 Å². The lowest BCUT2D eigenvalue weighted by molar-refractivity contribution is 0.0221. The molecule has 0 aromatic heterocycles. The second-order valence-corrected chi connectivity index (χ2v) is 3.32. The fourth-order valence-corrected chi connectivity index (χ4v) is 1.44. The first-order chi connectivity index (χ1) is 5.20. The summed E-state index contributed by atoms with van der Waals surface area (Å²) < 4.78 is 0. The second-order valence-electron chi connectivity index (χ2n) is 3.32. The number of hydrogen-bond acceptors (Lipinski definition) is 3. The van der Waals surface area contributed by atoms with Gasteiger partial charge in [0.25, 0.3) is 0 Å². The summed E-state index contributed by atoms with van der Waals surface area (Å²) in [5.74, 6) is 0. The number of aliphatic hydroxyl groups excluding tert-OH is 1. The Morgan fingerprint density at radius 3 is 2.55 bits per heavy atom. The van der Waals surface area contributed by atoms with Gasteiger partial charge in [0, 0.05) is 19.6 Å². The predicted molar refractivity (Wildman–Crippen MR) is 45.4 cm³/mol. The molecule has 1 atom stereocenters. The number of aliphatic hydroxyl groups is 1. The lowest BCUT2D eigenvalue weighted by Crippen LogP contribution is -2.35. The monoisotopic (exact) mass is 158 g/mol. The van der Waals surface area contributed by atoms with Gasteiger partial charge in [-0.1, -0.05) is 0 Å². The van der Waals surface area contributed by atoms with Crippen LogP contribution in [0.25, 0.3) is 0 Å². The van der Waals surface area contributed by atoms with Crippen LogP contribution < -0.4 is 0 Å². The molecule has 1 saturated heterocycles. The molecule has 1 aliphatic heterocycles. The van der Waals surface area contributed by atoms with E-state index in [1.807, 2.05) is 6.92 Å². The maximum absolute atomic E-state index is 9.30. The maximum Gasteiger partial charge on any atom is 0.104 e. The molecule has 11 heavy (non-hydrogen) atoms. The molecular formula is C8H18N2O. The van der Waals surface area contributed by atoms with Gasteiger partial charge in [0.15, 0.2) is 0 Å². The summed E-state index contributed by atoms with van der Waals surface area (Å²) in [6.07, 6.45) is 0.892. The third kappa shape index (κ3) is 2.77. The van der Waals surface area contributed by atoms with E-state index in [-0.39, 0.29) is 6.23 Å². The topological polar surface area (TPSA) is 26.7 Å². The highest BCUT2D eigenvalue weighted by Crippen LogP contribution is 2.03. The number of hydrogen-bond donors (Lipinski definition) is 1. The first kappa shape index (κ1) is 8.97. The molecule has 0 saturated carbocycles. The van der Waals surface area contributed by atoms with E-state index in [0.717, 1.165) is 26.2 Å². The standard InChI is InChI=1S/C8H18N2O/c1-8(11)10-5-3-4-9(2)6-7-10/h8,11H,3-7H2,1-2H3. The minimum absolute atomic E-state index is 0.276. The number of nitrogens with zero attached hydrogens (tertiary/aromatic N) is 2. The van der Waals surface area contributed by atoms with E-state index in [9.17, 15) is 5.11 Å². The van der Waals surface area contributed by atoms with Crippen LogP contribution in [0.4, 0.5) is 0 Å². The second kappa shape index (κ2) is 4.04. The molecule has 0 bridgehead atoms. The molecular weight excluding hydrogens is 140 g/mol. The lowest BCUT2D eigenvalue weighted by Gasteiger charge is -2.22. The highest BCUT2D eigenvalue weighted by Gasteiger charge is 2.14. The molecule has 3 nitrogen and oxygen atoms in total. The van der Waals surface area contributed by atoms with Crippen LogP contribution in [0.15, 0.2) is 0 Å². The van der Waals surface area contributed by atoms with E-state index < -0.39 is 0 Å². The summed E-state index contributed by atoms with van der Waals surface area (Å²) in [6, 6.07) is 0. The molecule has 1 fully saturated rings. The quantitative estimate of drug-likeness (QED) is 0.580. The van der Waals surface area contributed by atoms with Gasteiger partial charge in [-0.25, -0.2) is 0 Å². The van der Waals surface area contributed by atoms with E-state index >= 15 is 0 Å². The van der Waals surface area contributed by atoms with Gasteiger partial charge in [-0.2, -0.15) is 0 Å². The Morgan fingerprint density at radius 1 is 1.18 bits per heavy atom. The van der Waals surface area contributed by atoms with Crippen molar-refractivity contribution in [2.24, 2.45) is 0 Å². The molecule has 3 heteroatoms. The van der Waals surface area contributed by atoms with Crippen LogP contribution >= 0.6 is 0 Å². The van der Waals surface area contributed by atoms with Crippen LogP contribution in [0.2, 0.25) is 0 Å². The Morgan fingerprint density at radius 2 is 1.91 bits per heavy atom. The van der Waals surface area contributed by atoms with Crippen molar-refractivity contribution in [1.29, 1.82) is 0 Å². The number of likely N-dealkylation sites (N-methyl/N-ethyl adjacent to an activating group) is 1. The highest BCUT2D eigenvalue weighted by molar-refractivity contribution is 4.67. The summed E-state index contributed by atoms with van der Waals surface area (Å²) in [5.41, 5.74) is 0. The van der Waals surface area contributed by atoms with Crippen LogP contribution in [-0.4, -0.2) is 54.4 Å². The maximum atomic E-state index is 9.30. The summed E-state index contributed by atoms with van der Waals surface area (Å²) in [6.45, 7) is 6.09. The van der Waals surface area contributed by atoms with Gasteiger partial charge in [-0.15, -0.1) is 0 Å². The van der Waals surface area contributed by atoms with E-state index in [1.165, 1.54) is 6.42 Å². The molecule has 0 spiro atoms. The van der Waals surface area contributed by atoms with E-state index in [1.54, 1.807) is 0 Å². The van der Waals surface area contributed by atoms with E-state index in [2.05, 4.69) is 16.8 Å². The van der Waals surface area contributed by atoms with Crippen molar-refractivity contribution in [2.45, 2.75) is 19.6 Å². The fraction of sp³-hybridized carbons (Fsp3) is 1.00. The van der Waals surface area contributed by atoms with Gasteiger partial charge in [-0.05, 0) is 26.9 Å². The first-order valence-corrected chi connectivity index (χ1v) is 4.31. The fourth-order valence-electron chi connectivity index (χ4n) is 1.44. The van der Waals surface area contributed by atoms with Crippen LogP contribution in [0, 0.1) is 0 Å². The van der Waals surface area contributed by atoms with Crippen molar-refractivity contribution in [2.75, 3.05) is 33.2 Å². The van der Waals surface area contributed by atoms with E-state index in [0.29, 0.717) is 0 Å². The summed E-state index contributed by atoms with van der Waals surface area (Å²) in [5, 5.41) is 9.30. The van der Waals surface area contributed by atoms with E-state index in [4.69, 9.17) is 0 Å². The van der Waals surface area contributed by atoms with Crippen LogP contribution in [0.1, 0.15) is 13.3 Å². The van der Waals surface area contributed by atoms with Crippen molar-refractivity contribution < 1.29 is 5.11 Å². The molecule has 1 aliphatic rings. The molecule has 0 amide bonds. The highest BCUT2D eigenvalue weighted by atomic mass is 16.3. The third-order valence-electron chi connectivity index (χ3n) is 2.28. The third-order valence-corrected chi connectivity index (χ3v) is 2.28. The molecule has 0 radical (unpaired) electrons. The Hall–Kier alpha value is -0.120. The first-order valence-electron chi connectivity index (χ1n) is 4.31. The zero-order valence-corrected chi connectivity index (χ0v) is 7.45. The summed E-state index contributed by atoms with van der Waals surface area (Å²) in [4.78, 5) is 4.42. The molecule has 1 rings (SSSR count). The minimum Gasteiger partial charge on any atom is -0.379 e. The van der Waals surface area contributed by atoms with Gasteiger partial charge >= 0.3 is 0 Å². The van der Waals surface area contributed by atoms with Crippen LogP contribution in [0.3, 0.4) is 0 Å². The molecule has 1 unspecified atom stereocenters. The van der Waals surface area contributed by atoms with Crippen LogP contribution in [-0.2, 0) is 0 Å². The molecule has 0 aliphatic carbocycles. The van der Waals surface area contributed by atoms with Crippen molar-refractivity contribution in [3.63, 3.8) is 0 Å². The molecule has 1 heterocycles. The molecule has 1 N–H and O–H groups in total. The van der Waals surface area contributed by atoms with Crippen molar-refractivity contribution >= 4 is 0 Å². The predicted octanol–water partition coefficient (Wildman–Crippen LogP) is -0.0378.